The maximum atomic E-state index is 12.9. The van der Waals surface area contributed by atoms with Gasteiger partial charge in [-0.2, -0.15) is 13.2 Å². The molecule has 1 saturated carbocycles. The summed E-state index contributed by atoms with van der Waals surface area (Å²) in [6, 6.07) is 6.25. The molecule has 4 atom stereocenters. The third kappa shape index (κ3) is 2.85. The predicted octanol–water partition coefficient (Wildman–Crippen LogP) is 2.66. The minimum absolute atomic E-state index is 0.115. The Morgan fingerprint density at radius 2 is 1.91 bits per heavy atom. The Bertz CT molecular complexity index is 619. The number of halogens is 3. The molecular formula is C15H14F3NO4. The normalized spacial score (nSPS) is 29.1. The van der Waals surface area contributed by atoms with E-state index in [0.29, 0.717) is 5.56 Å². The number of nitrogens with zero attached hydrogens (tertiary/aromatic N) is 1. The number of carboxylic acid groups (broad SMARTS) is 1. The number of piperidine rings is 1. The van der Waals surface area contributed by atoms with E-state index in [0.717, 1.165) is 4.90 Å². The van der Waals surface area contributed by atoms with Crippen LogP contribution in [-0.2, 0) is 16.1 Å². The number of amides is 1. The first-order valence-corrected chi connectivity index (χ1v) is 7.09. The number of aliphatic carboxylic acids is 1. The lowest BCUT2D eigenvalue weighted by Gasteiger charge is -2.26. The van der Waals surface area contributed by atoms with Crippen LogP contribution in [0.15, 0.2) is 30.3 Å². The summed E-state index contributed by atoms with van der Waals surface area (Å²) in [5.74, 6) is -3.81. The van der Waals surface area contributed by atoms with Crippen LogP contribution in [0.4, 0.5) is 18.0 Å². The van der Waals surface area contributed by atoms with Crippen LogP contribution in [0, 0.1) is 11.8 Å². The van der Waals surface area contributed by atoms with E-state index < -0.39 is 42.2 Å². The lowest BCUT2D eigenvalue weighted by atomic mass is 10.1. The van der Waals surface area contributed by atoms with Crippen molar-refractivity contribution in [2.45, 2.75) is 31.3 Å². The van der Waals surface area contributed by atoms with Crippen LogP contribution in [0.25, 0.3) is 0 Å². The second-order valence-corrected chi connectivity index (χ2v) is 5.76. The van der Waals surface area contributed by atoms with Crippen LogP contribution in [0.5, 0.6) is 0 Å². The summed E-state index contributed by atoms with van der Waals surface area (Å²) in [5.41, 5.74) is 0.673. The van der Waals surface area contributed by atoms with E-state index in [1.165, 1.54) is 0 Å². The van der Waals surface area contributed by atoms with E-state index in [1.807, 2.05) is 0 Å². The molecule has 0 spiro atoms. The second kappa shape index (κ2) is 5.43. The van der Waals surface area contributed by atoms with Gasteiger partial charge in [-0.05, 0) is 17.9 Å². The molecule has 3 rings (SSSR count). The average Bonchev–Trinajstić information content (AvgIpc) is 3.08. The highest BCUT2D eigenvalue weighted by atomic mass is 19.4. The number of likely N-dealkylation sites (tertiary alicyclic amines) is 1. The molecule has 1 N–H and O–H groups in total. The number of benzene rings is 1. The quantitative estimate of drug-likeness (QED) is 0.926. The van der Waals surface area contributed by atoms with Gasteiger partial charge in [-0.15, -0.1) is 0 Å². The van der Waals surface area contributed by atoms with Gasteiger partial charge < -0.3 is 9.84 Å². The molecule has 0 aromatic heterocycles. The zero-order chi connectivity index (χ0) is 16.8. The Morgan fingerprint density at radius 3 is 2.48 bits per heavy atom. The maximum Gasteiger partial charge on any atom is 0.411 e. The van der Waals surface area contributed by atoms with Crippen LogP contribution < -0.4 is 0 Å². The molecule has 1 saturated heterocycles. The van der Waals surface area contributed by atoms with Gasteiger partial charge in [-0.3, -0.25) is 4.90 Å². The summed E-state index contributed by atoms with van der Waals surface area (Å²) in [6.07, 6.45) is -5.64. The lowest BCUT2D eigenvalue weighted by molar-refractivity contribution is -0.162. The van der Waals surface area contributed by atoms with E-state index in [1.54, 1.807) is 30.3 Å². The molecule has 1 aromatic rings. The molecule has 2 fully saturated rings. The minimum atomic E-state index is -4.43. The summed E-state index contributed by atoms with van der Waals surface area (Å²) >= 11 is 0. The first-order valence-electron chi connectivity index (χ1n) is 7.09. The summed E-state index contributed by atoms with van der Waals surface area (Å²) in [7, 11) is 0. The van der Waals surface area contributed by atoms with Crippen molar-refractivity contribution in [2.75, 3.05) is 0 Å². The fourth-order valence-corrected chi connectivity index (χ4v) is 3.30. The number of fused-ring (bicyclic) bond motifs is 1. The molecule has 1 amide bonds. The Labute approximate surface area is 129 Å². The van der Waals surface area contributed by atoms with Gasteiger partial charge in [-0.25, -0.2) is 9.59 Å². The predicted molar refractivity (Wildman–Crippen MR) is 71.3 cm³/mol. The highest BCUT2D eigenvalue weighted by Crippen LogP contribution is 2.60. The third-order valence-corrected chi connectivity index (χ3v) is 4.36. The van der Waals surface area contributed by atoms with Gasteiger partial charge in [-0.1, -0.05) is 30.3 Å². The van der Waals surface area contributed by atoms with Gasteiger partial charge in [0.15, 0.2) is 0 Å². The molecule has 0 unspecified atom stereocenters. The lowest BCUT2D eigenvalue weighted by Crippen LogP contribution is -2.45. The molecule has 23 heavy (non-hydrogen) atoms. The zero-order valence-electron chi connectivity index (χ0n) is 11.9. The number of hydrogen-bond donors (Lipinski definition) is 1. The fourth-order valence-electron chi connectivity index (χ4n) is 3.30. The van der Waals surface area contributed by atoms with Gasteiger partial charge in [0.05, 0.1) is 12.0 Å². The van der Waals surface area contributed by atoms with E-state index in [4.69, 9.17) is 9.84 Å². The van der Waals surface area contributed by atoms with Crippen LogP contribution >= 0.6 is 0 Å². The number of alkyl halides is 3. The molecule has 0 bridgehead atoms. The highest BCUT2D eigenvalue weighted by molar-refractivity contribution is 5.82. The zero-order valence-corrected chi connectivity index (χ0v) is 11.9. The molecule has 1 heterocycles. The first-order chi connectivity index (χ1) is 10.8. The SMILES string of the molecule is O=C(O)[C@@H]1C[C@@H]2[C@@H]([C@@H]2C(F)(F)F)N1C(=O)OCc1ccccc1. The van der Waals surface area contributed by atoms with Crippen LogP contribution in [-0.4, -0.2) is 40.3 Å². The van der Waals surface area contributed by atoms with Crippen molar-refractivity contribution in [3.63, 3.8) is 0 Å². The van der Waals surface area contributed by atoms with Gasteiger partial charge >= 0.3 is 18.2 Å². The van der Waals surface area contributed by atoms with Crippen LogP contribution in [0.3, 0.4) is 0 Å². The summed E-state index contributed by atoms with van der Waals surface area (Å²) in [4.78, 5) is 24.0. The van der Waals surface area contributed by atoms with E-state index in [9.17, 15) is 22.8 Å². The first kappa shape index (κ1) is 15.6. The van der Waals surface area contributed by atoms with E-state index in [-0.39, 0.29) is 13.0 Å². The molecular weight excluding hydrogens is 315 g/mol. The van der Waals surface area contributed by atoms with Gasteiger partial charge in [0, 0.05) is 0 Å². The largest absolute Gasteiger partial charge is 0.480 e. The highest BCUT2D eigenvalue weighted by Gasteiger charge is 2.73. The number of carbonyl (C=O) groups excluding carboxylic acids is 1. The molecule has 1 aliphatic heterocycles. The topological polar surface area (TPSA) is 66.8 Å². The van der Waals surface area contributed by atoms with E-state index in [2.05, 4.69) is 0 Å². The van der Waals surface area contributed by atoms with E-state index >= 15 is 0 Å². The summed E-state index contributed by atoms with van der Waals surface area (Å²) in [6.45, 7) is -0.115. The number of rotatable bonds is 3. The van der Waals surface area contributed by atoms with Crippen molar-refractivity contribution in [1.29, 1.82) is 0 Å². The fraction of sp³-hybridized carbons (Fsp3) is 0.467. The van der Waals surface area contributed by atoms with Gasteiger partial charge in [0.1, 0.15) is 12.6 Å². The Balaban J connectivity index is 1.70. The molecule has 5 nitrogen and oxygen atoms in total. The van der Waals surface area contributed by atoms with Crippen molar-refractivity contribution < 1.29 is 32.6 Å². The van der Waals surface area contributed by atoms with Crippen molar-refractivity contribution in [3.8, 4) is 0 Å². The molecule has 1 aromatic carbocycles. The number of ether oxygens (including phenoxy) is 1. The standard InChI is InChI=1S/C15H14F3NO4/c16-15(17,18)11-9-6-10(13(20)21)19(12(9)11)14(22)23-7-8-4-2-1-3-5-8/h1-5,9-12H,6-7H2,(H,20,21)/t9-,10-,11+,12-/m0/s1. The molecule has 8 heteroatoms. The second-order valence-electron chi connectivity index (χ2n) is 5.76. The van der Waals surface area contributed by atoms with Crippen molar-refractivity contribution in [3.05, 3.63) is 35.9 Å². The summed E-state index contributed by atoms with van der Waals surface area (Å²) in [5, 5.41) is 9.11. The molecule has 124 valence electrons. The van der Waals surface area contributed by atoms with Crippen molar-refractivity contribution >= 4 is 12.1 Å². The van der Waals surface area contributed by atoms with Gasteiger partial charge in [0.25, 0.3) is 0 Å². The molecule has 0 radical (unpaired) electrons. The maximum absolute atomic E-state index is 12.9. The smallest absolute Gasteiger partial charge is 0.411 e. The van der Waals surface area contributed by atoms with Crippen LogP contribution in [0.2, 0.25) is 0 Å². The number of carbonyl (C=O) groups is 2. The average molecular weight is 329 g/mol. The van der Waals surface area contributed by atoms with Crippen molar-refractivity contribution in [1.82, 2.24) is 4.90 Å². The number of carboxylic acids is 1. The van der Waals surface area contributed by atoms with Crippen molar-refractivity contribution in [2.24, 2.45) is 11.8 Å². The summed E-state index contributed by atoms with van der Waals surface area (Å²) < 4.78 is 43.6. The minimum Gasteiger partial charge on any atom is -0.480 e. The Morgan fingerprint density at radius 1 is 1.26 bits per heavy atom. The molecule has 1 aliphatic carbocycles. The van der Waals surface area contributed by atoms with Crippen LogP contribution in [0.1, 0.15) is 12.0 Å². The Kier molecular flexibility index (Phi) is 3.69. The molecule has 2 aliphatic rings. The Hall–Kier alpha value is -2.25. The monoisotopic (exact) mass is 329 g/mol. The number of hydrogen-bond acceptors (Lipinski definition) is 3. The third-order valence-electron chi connectivity index (χ3n) is 4.36. The van der Waals surface area contributed by atoms with Gasteiger partial charge in [0.2, 0.25) is 0 Å².